The molecule has 0 radical (unpaired) electrons. The molecule has 2 nitrogen and oxygen atoms in total. The van der Waals surface area contributed by atoms with Crippen molar-refractivity contribution < 1.29 is 0 Å². The Labute approximate surface area is 126 Å². The number of benzene rings is 2. The van der Waals surface area contributed by atoms with Crippen molar-refractivity contribution >= 4 is 46.2 Å². The van der Waals surface area contributed by atoms with Crippen molar-refractivity contribution in [3.8, 4) is 6.07 Å². The maximum absolute atomic E-state index is 9.08. The summed E-state index contributed by atoms with van der Waals surface area (Å²) in [5.41, 5.74) is 2.62. The van der Waals surface area contributed by atoms with E-state index < -0.39 is 0 Å². The van der Waals surface area contributed by atoms with Gasteiger partial charge in [-0.2, -0.15) is 5.26 Å². The van der Waals surface area contributed by atoms with Gasteiger partial charge in [-0.1, -0.05) is 34.8 Å². The lowest BCUT2D eigenvalue weighted by Gasteiger charge is -2.11. The minimum absolute atomic E-state index is 0.445. The van der Waals surface area contributed by atoms with Gasteiger partial charge in [-0.25, -0.2) is 0 Å². The van der Waals surface area contributed by atoms with Crippen LogP contribution in [0.5, 0.6) is 0 Å². The fourth-order valence-electron chi connectivity index (χ4n) is 1.61. The van der Waals surface area contributed by atoms with E-state index in [9.17, 15) is 0 Å². The fourth-order valence-corrected chi connectivity index (χ4v) is 2.21. The van der Waals surface area contributed by atoms with Crippen molar-refractivity contribution in [1.29, 1.82) is 5.26 Å². The lowest BCUT2D eigenvalue weighted by Crippen LogP contribution is -1.95. The summed E-state index contributed by atoms with van der Waals surface area (Å²) in [6, 6.07) is 10.6. The molecule has 0 aliphatic rings. The maximum atomic E-state index is 9.08. The highest BCUT2D eigenvalue weighted by Gasteiger charge is 2.08. The van der Waals surface area contributed by atoms with Gasteiger partial charge in [0, 0.05) is 10.0 Å². The Bertz CT molecular complexity index is 675. The number of halogens is 3. The summed E-state index contributed by atoms with van der Waals surface area (Å²) in [6.07, 6.45) is 0. The first-order valence-corrected chi connectivity index (χ1v) is 6.57. The van der Waals surface area contributed by atoms with E-state index >= 15 is 0 Å². The Morgan fingerprint density at radius 2 is 1.74 bits per heavy atom. The first-order valence-electron chi connectivity index (χ1n) is 5.43. The molecule has 0 amide bonds. The molecule has 0 heterocycles. The number of nitriles is 1. The predicted octanol–water partition coefficient (Wildman–Crippen LogP) is 5.57. The van der Waals surface area contributed by atoms with Crippen molar-refractivity contribution in [2.45, 2.75) is 6.92 Å². The van der Waals surface area contributed by atoms with Gasteiger partial charge in [0.05, 0.1) is 22.0 Å². The van der Waals surface area contributed by atoms with Gasteiger partial charge in [0.25, 0.3) is 0 Å². The van der Waals surface area contributed by atoms with Crippen LogP contribution in [0.2, 0.25) is 15.1 Å². The molecular formula is C14H9Cl3N2. The van der Waals surface area contributed by atoms with Gasteiger partial charge in [-0.3, -0.25) is 0 Å². The molecule has 19 heavy (non-hydrogen) atoms. The number of aryl methyl sites for hydroxylation is 1. The van der Waals surface area contributed by atoms with Crippen molar-refractivity contribution in [3.05, 3.63) is 56.5 Å². The fraction of sp³-hybridized carbons (Fsp3) is 0.0714. The first-order chi connectivity index (χ1) is 9.01. The number of nitrogens with one attached hydrogen (secondary N) is 1. The second-order valence-electron chi connectivity index (χ2n) is 4.01. The van der Waals surface area contributed by atoms with Crippen LogP contribution in [0.1, 0.15) is 11.1 Å². The second-order valence-corrected chi connectivity index (χ2v) is 5.26. The zero-order chi connectivity index (χ0) is 14.0. The van der Waals surface area contributed by atoms with Crippen molar-refractivity contribution in [3.63, 3.8) is 0 Å². The topological polar surface area (TPSA) is 35.8 Å². The Balaban J connectivity index is 2.42. The number of hydrogen-bond acceptors (Lipinski definition) is 2. The molecule has 2 aromatic rings. The smallest absolute Gasteiger partial charge is 0.101 e. The molecule has 0 aliphatic carbocycles. The minimum atomic E-state index is 0.445. The lowest BCUT2D eigenvalue weighted by molar-refractivity contribution is 1.43. The lowest BCUT2D eigenvalue weighted by atomic mass is 10.1. The van der Waals surface area contributed by atoms with E-state index in [-0.39, 0.29) is 0 Å². The van der Waals surface area contributed by atoms with Crippen molar-refractivity contribution in [2.75, 3.05) is 5.32 Å². The Kier molecular flexibility index (Phi) is 4.21. The first kappa shape index (κ1) is 14.0. The molecule has 1 N–H and O–H groups in total. The molecule has 0 atom stereocenters. The molecule has 0 saturated heterocycles. The summed E-state index contributed by atoms with van der Waals surface area (Å²) < 4.78 is 0. The molecule has 0 saturated carbocycles. The number of rotatable bonds is 2. The summed E-state index contributed by atoms with van der Waals surface area (Å²) in [6.45, 7) is 1.88. The highest BCUT2D eigenvalue weighted by atomic mass is 35.5. The van der Waals surface area contributed by atoms with Gasteiger partial charge >= 0.3 is 0 Å². The number of nitrogens with zero attached hydrogens (tertiary/aromatic N) is 1. The van der Waals surface area contributed by atoms with Crippen LogP contribution in [0, 0.1) is 18.3 Å². The summed E-state index contributed by atoms with van der Waals surface area (Å²) in [5, 5.41) is 13.8. The molecule has 0 spiro atoms. The largest absolute Gasteiger partial charge is 0.353 e. The van der Waals surface area contributed by atoms with Gasteiger partial charge in [0.2, 0.25) is 0 Å². The van der Waals surface area contributed by atoms with Gasteiger partial charge in [0.1, 0.15) is 6.07 Å². The highest BCUT2D eigenvalue weighted by Crippen LogP contribution is 2.32. The van der Waals surface area contributed by atoms with Gasteiger partial charge in [0.15, 0.2) is 0 Å². The van der Waals surface area contributed by atoms with Crippen LogP contribution in [0.15, 0.2) is 30.3 Å². The maximum Gasteiger partial charge on any atom is 0.101 e. The monoisotopic (exact) mass is 310 g/mol. The molecular weight excluding hydrogens is 303 g/mol. The third kappa shape index (κ3) is 3.13. The summed E-state index contributed by atoms with van der Waals surface area (Å²) >= 11 is 18.1. The average molecular weight is 312 g/mol. The number of hydrogen-bond donors (Lipinski definition) is 1. The molecule has 96 valence electrons. The average Bonchev–Trinajstić information content (AvgIpc) is 2.37. The number of anilines is 2. The molecule has 0 fully saturated rings. The molecule has 5 heteroatoms. The van der Waals surface area contributed by atoms with Gasteiger partial charge in [-0.15, -0.1) is 0 Å². The van der Waals surface area contributed by atoms with E-state index in [1.807, 2.05) is 6.92 Å². The third-order valence-electron chi connectivity index (χ3n) is 2.62. The van der Waals surface area contributed by atoms with Crippen LogP contribution in [0.3, 0.4) is 0 Å². The second kappa shape index (κ2) is 5.71. The minimum Gasteiger partial charge on any atom is -0.353 e. The molecule has 2 aromatic carbocycles. The zero-order valence-corrected chi connectivity index (χ0v) is 12.2. The summed E-state index contributed by atoms with van der Waals surface area (Å²) in [7, 11) is 0. The van der Waals surface area contributed by atoms with Crippen LogP contribution < -0.4 is 5.32 Å². The molecule has 2 rings (SSSR count). The molecule has 0 aromatic heterocycles. The van der Waals surface area contributed by atoms with E-state index in [4.69, 9.17) is 40.1 Å². The van der Waals surface area contributed by atoms with Crippen molar-refractivity contribution in [2.24, 2.45) is 0 Å². The van der Waals surface area contributed by atoms with Crippen LogP contribution >= 0.6 is 34.8 Å². The molecule has 0 bridgehead atoms. The van der Waals surface area contributed by atoms with Crippen molar-refractivity contribution in [1.82, 2.24) is 0 Å². The summed E-state index contributed by atoms with van der Waals surface area (Å²) in [4.78, 5) is 0. The molecule has 0 aliphatic heterocycles. The van der Waals surface area contributed by atoms with Gasteiger partial charge in [-0.05, 0) is 42.8 Å². The summed E-state index contributed by atoms with van der Waals surface area (Å²) in [5.74, 6) is 0. The van der Waals surface area contributed by atoms with Crippen LogP contribution in [-0.2, 0) is 0 Å². The Morgan fingerprint density at radius 1 is 1.00 bits per heavy atom. The zero-order valence-electron chi connectivity index (χ0n) is 9.97. The normalized spacial score (nSPS) is 10.1. The molecule has 0 unspecified atom stereocenters. The van der Waals surface area contributed by atoms with E-state index in [0.29, 0.717) is 32.0 Å². The highest BCUT2D eigenvalue weighted by molar-refractivity contribution is 6.36. The Hall–Kier alpha value is -1.40. The van der Waals surface area contributed by atoms with E-state index in [1.165, 1.54) is 0 Å². The van der Waals surface area contributed by atoms with E-state index in [0.717, 1.165) is 5.56 Å². The van der Waals surface area contributed by atoms with E-state index in [1.54, 1.807) is 30.3 Å². The predicted molar refractivity (Wildman–Crippen MR) is 80.6 cm³/mol. The van der Waals surface area contributed by atoms with Crippen LogP contribution in [0.4, 0.5) is 11.4 Å². The Morgan fingerprint density at radius 3 is 2.42 bits per heavy atom. The van der Waals surface area contributed by atoms with E-state index in [2.05, 4.69) is 11.4 Å². The quantitative estimate of drug-likeness (QED) is 0.787. The standard InChI is InChI=1S/C14H9Cl3N2/c1-8-4-12(17)14(6-11(8)16)19-13-3-2-10(15)5-9(13)7-18/h2-6,19H,1H3. The third-order valence-corrected chi connectivity index (χ3v) is 3.57. The SMILES string of the molecule is Cc1cc(Cl)c(Nc2ccc(Cl)cc2C#N)cc1Cl. The van der Waals surface area contributed by atoms with Crippen LogP contribution in [-0.4, -0.2) is 0 Å². The van der Waals surface area contributed by atoms with Crippen LogP contribution in [0.25, 0.3) is 0 Å². The van der Waals surface area contributed by atoms with Gasteiger partial charge < -0.3 is 5.32 Å².